The highest BCUT2D eigenvalue weighted by molar-refractivity contribution is 5.68. The molecule has 7 heteroatoms. The molecule has 1 aliphatic rings. The van der Waals surface area contributed by atoms with Gasteiger partial charge in [-0.25, -0.2) is 9.97 Å². The number of H-pyrrole nitrogens is 1. The lowest BCUT2D eigenvalue weighted by Crippen LogP contribution is -2.18. The second kappa shape index (κ2) is 4.18. The maximum absolute atomic E-state index is 11.5. The Balaban J connectivity index is 2.01. The normalized spacial score (nSPS) is 28.0. The van der Waals surface area contributed by atoms with Gasteiger partial charge in [0.1, 0.15) is 6.23 Å². The Bertz CT molecular complexity index is 620. The fraction of sp³-hybridized carbons (Fsp3) is 0.545. The zero-order valence-electron chi connectivity index (χ0n) is 9.91. The van der Waals surface area contributed by atoms with Crippen LogP contribution in [-0.4, -0.2) is 37.3 Å². The molecule has 0 aromatic carbocycles. The van der Waals surface area contributed by atoms with Gasteiger partial charge in [0.25, 0.3) is 5.56 Å². The molecule has 0 bridgehead atoms. The van der Waals surface area contributed by atoms with Crippen molar-refractivity contribution in [2.24, 2.45) is 5.92 Å². The molecule has 0 radical (unpaired) electrons. The molecule has 1 unspecified atom stereocenters. The summed E-state index contributed by atoms with van der Waals surface area (Å²) >= 11 is 0. The van der Waals surface area contributed by atoms with Crippen LogP contribution in [0.15, 0.2) is 17.4 Å². The largest absolute Gasteiger partial charge is 0.394 e. The van der Waals surface area contributed by atoms with Crippen molar-refractivity contribution in [3.8, 4) is 0 Å². The number of hydrogen-bond donors (Lipinski definition) is 2. The van der Waals surface area contributed by atoms with Gasteiger partial charge >= 0.3 is 0 Å². The molecule has 3 rings (SSSR count). The Morgan fingerprint density at radius 1 is 1.61 bits per heavy atom. The van der Waals surface area contributed by atoms with Gasteiger partial charge in [-0.2, -0.15) is 0 Å². The van der Waals surface area contributed by atoms with E-state index in [1.807, 2.05) is 6.92 Å². The number of aromatic amines is 1. The van der Waals surface area contributed by atoms with E-state index in [4.69, 9.17) is 4.74 Å². The molecule has 1 fully saturated rings. The fourth-order valence-corrected chi connectivity index (χ4v) is 2.34. The Labute approximate surface area is 102 Å². The predicted octanol–water partition coefficient (Wildman–Crippen LogP) is 0.0355. The van der Waals surface area contributed by atoms with Crippen LogP contribution in [0, 0.1) is 5.92 Å². The van der Waals surface area contributed by atoms with Crippen LogP contribution in [0.3, 0.4) is 0 Å². The molecule has 1 aliphatic heterocycles. The van der Waals surface area contributed by atoms with Crippen molar-refractivity contribution in [1.29, 1.82) is 0 Å². The van der Waals surface area contributed by atoms with Gasteiger partial charge in [0.2, 0.25) is 0 Å². The number of nitrogens with zero attached hydrogens (tertiary/aromatic N) is 3. The lowest BCUT2D eigenvalue weighted by atomic mass is 10.0. The van der Waals surface area contributed by atoms with Gasteiger partial charge in [-0.3, -0.25) is 9.36 Å². The van der Waals surface area contributed by atoms with Gasteiger partial charge in [-0.15, -0.1) is 0 Å². The first-order valence-corrected chi connectivity index (χ1v) is 5.87. The lowest BCUT2D eigenvalue weighted by Gasteiger charge is -2.13. The Kier molecular flexibility index (Phi) is 2.64. The van der Waals surface area contributed by atoms with Crippen LogP contribution in [0.5, 0.6) is 0 Å². The number of aliphatic hydroxyl groups is 1. The van der Waals surface area contributed by atoms with Crippen LogP contribution in [0.25, 0.3) is 11.2 Å². The second-order valence-electron chi connectivity index (χ2n) is 4.58. The summed E-state index contributed by atoms with van der Waals surface area (Å²) in [5.74, 6) is 0.263. The molecule has 2 aromatic heterocycles. The van der Waals surface area contributed by atoms with Gasteiger partial charge in [0.05, 0.1) is 25.4 Å². The minimum Gasteiger partial charge on any atom is -0.394 e. The third-order valence-corrected chi connectivity index (χ3v) is 3.40. The van der Waals surface area contributed by atoms with Gasteiger partial charge < -0.3 is 14.8 Å². The third kappa shape index (κ3) is 1.63. The number of nitrogens with one attached hydrogen (secondary N) is 1. The average molecular weight is 250 g/mol. The summed E-state index contributed by atoms with van der Waals surface area (Å²) in [6, 6.07) is 0. The van der Waals surface area contributed by atoms with Crippen molar-refractivity contribution >= 4 is 11.2 Å². The minimum atomic E-state index is -0.261. The van der Waals surface area contributed by atoms with Crippen LogP contribution in [0.2, 0.25) is 0 Å². The lowest BCUT2D eigenvalue weighted by molar-refractivity contribution is -0.0277. The molecule has 0 saturated carbocycles. The van der Waals surface area contributed by atoms with E-state index < -0.39 is 0 Å². The van der Waals surface area contributed by atoms with Gasteiger partial charge in [-0.05, 0) is 12.3 Å². The standard InChI is InChI=1S/C11H14N4O3/c1-6-2-8(18-7(6)3-16)15-5-14-9-10(15)12-4-13-11(9)17/h4-8,16H,2-3H2,1H3,(H,12,13,17)/t6-,7?,8-/m0/s1. The minimum absolute atomic E-state index is 0.00168. The highest BCUT2D eigenvalue weighted by atomic mass is 16.5. The van der Waals surface area contributed by atoms with Crippen molar-refractivity contribution < 1.29 is 9.84 Å². The summed E-state index contributed by atoms with van der Waals surface area (Å²) in [6.07, 6.45) is 3.28. The number of rotatable bonds is 2. The first-order chi connectivity index (χ1) is 8.70. The van der Waals surface area contributed by atoms with E-state index in [0.29, 0.717) is 11.2 Å². The quantitative estimate of drug-likeness (QED) is 0.784. The first-order valence-electron chi connectivity index (χ1n) is 5.87. The molecule has 2 N–H and O–H groups in total. The molecular weight excluding hydrogens is 236 g/mol. The van der Waals surface area contributed by atoms with Crippen LogP contribution < -0.4 is 5.56 Å². The zero-order chi connectivity index (χ0) is 12.7. The van der Waals surface area contributed by atoms with Crippen molar-refractivity contribution in [2.45, 2.75) is 25.7 Å². The number of aliphatic hydroxyl groups excluding tert-OH is 1. The van der Waals surface area contributed by atoms with Gasteiger partial charge in [0, 0.05) is 0 Å². The predicted molar refractivity (Wildman–Crippen MR) is 62.9 cm³/mol. The van der Waals surface area contributed by atoms with Crippen molar-refractivity contribution in [3.05, 3.63) is 23.0 Å². The van der Waals surface area contributed by atoms with Crippen LogP contribution in [-0.2, 0) is 4.74 Å². The van der Waals surface area contributed by atoms with Crippen molar-refractivity contribution in [2.75, 3.05) is 6.61 Å². The van der Waals surface area contributed by atoms with Crippen LogP contribution in [0.1, 0.15) is 19.6 Å². The topological polar surface area (TPSA) is 93.0 Å². The molecule has 96 valence electrons. The summed E-state index contributed by atoms with van der Waals surface area (Å²) in [5, 5.41) is 9.19. The first kappa shape index (κ1) is 11.4. The summed E-state index contributed by atoms with van der Waals surface area (Å²) in [6.45, 7) is 2.03. The number of fused-ring (bicyclic) bond motifs is 1. The second-order valence-corrected chi connectivity index (χ2v) is 4.58. The van der Waals surface area contributed by atoms with Gasteiger partial charge in [0.15, 0.2) is 11.2 Å². The van der Waals surface area contributed by atoms with Crippen LogP contribution in [0.4, 0.5) is 0 Å². The molecule has 3 heterocycles. The molecule has 7 nitrogen and oxygen atoms in total. The zero-order valence-corrected chi connectivity index (χ0v) is 9.91. The van der Waals surface area contributed by atoms with E-state index >= 15 is 0 Å². The molecule has 0 amide bonds. The highest BCUT2D eigenvalue weighted by Crippen LogP contribution is 2.33. The van der Waals surface area contributed by atoms with E-state index in [2.05, 4.69) is 15.0 Å². The highest BCUT2D eigenvalue weighted by Gasteiger charge is 2.33. The number of imidazole rings is 1. The van der Waals surface area contributed by atoms with Gasteiger partial charge in [-0.1, -0.05) is 6.92 Å². The van der Waals surface area contributed by atoms with E-state index in [1.54, 1.807) is 10.9 Å². The molecule has 2 aromatic rings. The Morgan fingerprint density at radius 3 is 3.17 bits per heavy atom. The van der Waals surface area contributed by atoms with Crippen molar-refractivity contribution in [1.82, 2.24) is 19.5 Å². The molecule has 1 saturated heterocycles. The molecule has 3 atom stereocenters. The summed E-state index contributed by atoms with van der Waals surface area (Å²) in [7, 11) is 0. The molecule has 0 aliphatic carbocycles. The van der Waals surface area contributed by atoms with E-state index in [1.165, 1.54) is 6.33 Å². The van der Waals surface area contributed by atoms with E-state index in [-0.39, 0.29) is 30.4 Å². The Morgan fingerprint density at radius 2 is 2.44 bits per heavy atom. The Hall–Kier alpha value is -1.73. The smallest absolute Gasteiger partial charge is 0.278 e. The summed E-state index contributed by atoms with van der Waals surface area (Å²) in [4.78, 5) is 22.2. The molecule has 18 heavy (non-hydrogen) atoms. The van der Waals surface area contributed by atoms with Crippen LogP contribution >= 0.6 is 0 Å². The SMILES string of the molecule is C[C@H]1C[C@@H](n2cnc3c(=O)[nH]cnc32)OC1CO. The van der Waals surface area contributed by atoms with Crippen molar-refractivity contribution in [3.63, 3.8) is 0 Å². The maximum Gasteiger partial charge on any atom is 0.278 e. The molecular formula is C11H14N4O3. The average Bonchev–Trinajstić information content (AvgIpc) is 2.93. The number of ether oxygens (including phenoxy) is 1. The number of hydrogen-bond acceptors (Lipinski definition) is 5. The monoisotopic (exact) mass is 250 g/mol. The van der Waals surface area contributed by atoms with E-state index in [0.717, 1.165) is 6.42 Å². The summed E-state index contributed by atoms with van der Waals surface area (Å²) < 4.78 is 7.48. The third-order valence-electron chi connectivity index (χ3n) is 3.40. The van der Waals surface area contributed by atoms with E-state index in [9.17, 15) is 9.90 Å². The molecule has 0 spiro atoms. The summed E-state index contributed by atoms with van der Waals surface area (Å²) in [5.41, 5.74) is 0.555. The number of aromatic nitrogens is 4. The fourth-order valence-electron chi connectivity index (χ4n) is 2.34. The maximum atomic E-state index is 11.5.